The van der Waals surface area contributed by atoms with E-state index in [4.69, 9.17) is 15.4 Å². The van der Waals surface area contributed by atoms with E-state index in [2.05, 4.69) is 5.32 Å². The summed E-state index contributed by atoms with van der Waals surface area (Å²) in [7, 11) is 1.56. The Kier molecular flexibility index (Phi) is 4.67. The number of halogens is 1. The SMILES string of the molecule is Cc1cc(NC(=O)C2CCOCC2)ccc1S(=O)(=O)Cl. The molecule has 7 heteroatoms. The zero-order chi connectivity index (χ0) is 14.8. The van der Waals surface area contributed by atoms with Gasteiger partial charge in [0.2, 0.25) is 5.91 Å². The van der Waals surface area contributed by atoms with Crippen molar-refractivity contribution in [2.75, 3.05) is 18.5 Å². The van der Waals surface area contributed by atoms with Gasteiger partial charge >= 0.3 is 0 Å². The minimum absolute atomic E-state index is 0.0551. The minimum atomic E-state index is -3.76. The van der Waals surface area contributed by atoms with Crippen LogP contribution in [-0.4, -0.2) is 27.5 Å². The van der Waals surface area contributed by atoms with Crippen molar-refractivity contribution in [3.63, 3.8) is 0 Å². The molecule has 0 atom stereocenters. The Bertz CT molecular complexity index is 609. The molecule has 1 saturated heterocycles. The lowest BCUT2D eigenvalue weighted by Gasteiger charge is -2.21. The lowest BCUT2D eigenvalue weighted by molar-refractivity contribution is -0.122. The molecule has 1 fully saturated rings. The standard InChI is InChI=1S/C13H16ClNO4S/c1-9-8-11(2-3-12(9)20(14,17)18)15-13(16)10-4-6-19-7-5-10/h2-3,8,10H,4-7H2,1H3,(H,15,16). The lowest BCUT2D eigenvalue weighted by Crippen LogP contribution is -2.28. The molecule has 1 heterocycles. The Morgan fingerprint density at radius 3 is 2.55 bits per heavy atom. The number of hydrogen-bond donors (Lipinski definition) is 1. The van der Waals surface area contributed by atoms with Crippen molar-refractivity contribution >= 4 is 31.3 Å². The van der Waals surface area contributed by atoms with E-state index in [1.807, 2.05) is 0 Å². The normalized spacial score (nSPS) is 16.9. The second kappa shape index (κ2) is 6.11. The summed E-state index contributed by atoms with van der Waals surface area (Å²) in [6.45, 7) is 2.83. The maximum absolute atomic E-state index is 12.0. The van der Waals surface area contributed by atoms with Gasteiger partial charge in [-0.25, -0.2) is 8.42 Å². The third-order valence-corrected chi connectivity index (χ3v) is 4.78. The number of rotatable bonds is 3. The van der Waals surface area contributed by atoms with E-state index in [1.54, 1.807) is 19.1 Å². The molecule has 0 bridgehead atoms. The number of aryl methyl sites for hydroxylation is 1. The summed E-state index contributed by atoms with van der Waals surface area (Å²) in [6.07, 6.45) is 1.41. The predicted octanol–water partition coefficient (Wildman–Crippen LogP) is 2.29. The Balaban J connectivity index is 2.10. The van der Waals surface area contributed by atoms with Crippen molar-refractivity contribution < 1.29 is 17.9 Å². The topological polar surface area (TPSA) is 72.5 Å². The third-order valence-electron chi connectivity index (χ3n) is 3.30. The minimum Gasteiger partial charge on any atom is -0.381 e. The van der Waals surface area contributed by atoms with Gasteiger partial charge in [0.25, 0.3) is 9.05 Å². The van der Waals surface area contributed by atoms with Crippen LogP contribution in [0, 0.1) is 12.8 Å². The van der Waals surface area contributed by atoms with E-state index >= 15 is 0 Å². The number of ether oxygens (including phenoxy) is 1. The van der Waals surface area contributed by atoms with Gasteiger partial charge in [0, 0.05) is 35.5 Å². The molecular weight excluding hydrogens is 302 g/mol. The van der Waals surface area contributed by atoms with Crippen LogP contribution in [0.3, 0.4) is 0 Å². The molecule has 110 valence electrons. The highest BCUT2D eigenvalue weighted by Gasteiger charge is 2.22. The molecule has 5 nitrogen and oxygen atoms in total. The predicted molar refractivity (Wildman–Crippen MR) is 76.4 cm³/mol. The number of anilines is 1. The quantitative estimate of drug-likeness (QED) is 0.868. The highest BCUT2D eigenvalue weighted by molar-refractivity contribution is 8.13. The average Bonchev–Trinajstić information content (AvgIpc) is 2.38. The Labute approximate surface area is 122 Å². The molecule has 1 N–H and O–H groups in total. The molecule has 1 aromatic rings. The van der Waals surface area contributed by atoms with Gasteiger partial charge in [-0.15, -0.1) is 0 Å². The summed E-state index contributed by atoms with van der Waals surface area (Å²) in [5, 5.41) is 2.80. The largest absolute Gasteiger partial charge is 0.381 e. The summed E-state index contributed by atoms with van der Waals surface area (Å²) >= 11 is 0. The van der Waals surface area contributed by atoms with Crippen LogP contribution in [0.4, 0.5) is 5.69 Å². The molecule has 0 aromatic heterocycles. The number of benzene rings is 1. The maximum Gasteiger partial charge on any atom is 0.261 e. The highest BCUT2D eigenvalue weighted by Crippen LogP contribution is 2.24. The number of hydrogen-bond acceptors (Lipinski definition) is 4. The number of carbonyl (C=O) groups is 1. The van der Waals surface area contributed by atoms with Crippen LogP contribution in [0.15, 0.2) is 23.1 Å². The molecule has 1 aliphatic rings. The number of carbonyl (C=O) groups excluding carboxylic acids is 1. The molecule has 0 saturated carbocycles. The van der Waals surface area contributed by atoms with Gasteiger partial charge in [-0.1, -0.05) is 0 Å². The first-order valence-electron chi connectivity index (χ1n) is 6.32. The number of amides is 1. The van der Waals surface area contributed by atoms with Gasteiger partial charge in [0.15, 0.2) is 0 Å². The zero-order valence-electron chi connectivity index (χ0n) is 11.1. The van der Waals surface area contributed by atoms with Crippen LogP contribution in [-0.2, 0) is 18.6 Å². The van der Waals surface area contributed by atoms with E-state index in [0.29, 0.717) is 37.3 Å². The zero-order valence-corrected chi connectivity index (χ0v) is 12.6. The number of nitrogens with one attached hydrogen (secondary N) is 1. The van der Waals surface area contributed by atoms with Crippen LogP contribution in [0.25, 0.3) is 0 Å². The van der Waals surface area contributed by atoms with Crippen LogP contribution in [0.5, 0.6) is 0 Å². The molecule has 0 spiro atoms. The van der Waals surface area contributed by atoms with Crippen molar-refractivity contribution in [2.24, 2.45) is 5.92 Å². The molecule has 20 heavy (non-hydrogen) atoms. The first-order valence-corrected chi connectivity index (χ1v) is 8.63. The summed E-state index contributed by atoms with van der Waals surface area (Å²) in [5.74, 6) is -0.116. The van der Waals surface area contributed by atoms with E-state index in [-0.39, 0.29) is 16.7 Å². The van der Waals surface area contributed by atoms with Crippen LogP contribution in [0.2, 0.25) is 0 Å². The molecule has 0 aliphatic carbocycles. The van der Waals surface area contributed by atoms with Crippen molar-refractivity contribution in [1.82, 2.24) is 0 Å². The van der Waals surface area contributed by atoms with Gasteiger partial charge in [-0.2, -0.15) is 0 Å². The van der Waals surface area contributed by atoms with Crippen molar-refractivity contribution in [3.05, 3.63) is 23.8 Å². The fraction of sp³-hybridized carbons (Fsp3) is 0.462. The fourth-order valence-corrected chi connectivity index (χ4v) is 3.40. The molecule has 2 rings (SSSR count). The molecule has 0 unspecified atom stereocenters. The molecule has 1 amide bonds. The van der Waals surface area contributed by atoms with Gasteiger partial charge in [-0.3, -0.25) is 4.79 Å². The van der Waals surface area contributed by atoms with Crippen LogP contribution >= 0.6 is 10.7 Å². The summed E-state index contributed by atoms with van der Waals surface area (Å²) in [4.78, 5) is 12.1. The van der Waals surface area contributed by atoms with Gasteiger partial charge in [-0.05, 0) is 43.5 Å². The fourth-order valence-electron chi connectivity index (χ4n) is 2.20. The summed E-state index contributed by atoms with van der Waals surface area (Å²) < 4.78 is 27.8. The van der Waals surface area contributed by atoms with Crippen molar-refractivity contribution in [2.45, 2.75) is 24.7 Å². The first-order chi connectivity index (χ1) is 9.38. The van der Waals surface area contributed by atoms with E-state index in [1.165, 1.54) is 6.07 Å². The second-order valence-corrected chi connectivity index (χ2v) is 7.33. The second-order valence-electron chi connectivity index (χ2n) is 4.79. The Hall–Kier alpha value is -1.11. The van der Waals surface area contributed by atoms with E-state index in [0.717, 1.165) is 0 Å². The molecule has 1 aliphatic heterocycles. The maximum atomic E-state index is 12.0. The van der Waals surface area contributed by atoms with E-state index < -0.39 is 9.05 Å². The molecular formula is C13H16ClNO4S. The van der Waals surface area contributed by atoms with E-state index in [9.17, 15) is 13.2 Å². The molecule has 1 aromatic carbocycles. The highest BCUT2D eigenvalue weighted by atomic mass is 35.7. The van der Waals surface area contributed by atoms with Gasteiger partial charge in [0.05, 0.1) is 4.90 Å². The first kappa shape index (κ1) is 15.3. The average molecular weight is 318 g/mol. The Morgan fingerprint density at radius 2 is 2.00 bits per heavy atom. The monoisotopic (exact) mass is 317 g/mol. The summed E-state index contributed by atoms with van der Waals surface area (Å²) in [6, 6.07) is 4.54. The lowest BCUT2D eigenvalue weighted by atomic mass is 9.99. The molecule has 0 radical (unpaired) electrons. The third kappa shape index (κ3) is 3.71. The van der Waals surface area contributed by atoms with Crippen LogP contribution < -0.4 is 5.32 Å². The van der Waals surface area contributed by atoms with Gasteiger partial charge < -0.3 is 10.1 Å². The van der Waals surface area contributed by atoms with Crippen molar-refractivity contribution in [3.8, 4) is 0 Å². The van der Waals surface area contributed by atoms with Crippen LogP contribution in [0.1, 0.15) is 18.4 Å². The van der Waals surface area contributed by atoms with Gasteiger partial charge in [0.1, 0.15) is 0 Å². The summed E-state index contributed by atoms with van der Waals surface area (Å²) in [5.41, 5.74) is 1.08. The smallest absolute Gasteiger partial charge is 0.261 e. The van der Waals surface area contributed by atoms with Crippen molar-refractivity contribution in [1.29, 1.82) is 0 Å². The Morgan fingerprint density at radius 1 is 1.35 bits per heavy atom.